The Morgan fingerprint density at radius 3 is 2.62 bits per heavy atom. The van der Waals surface area contributed by atoms with Crippen LogP contribution in [0.4, 0.5) is 4.39 Å². The maximum atomic E-state index is 14.7. The van der Waals surface area contributed by atoms with Crippen molar-refractivity contribution >= 4 is 0 Å². The van der Waals surface area contributed by atoms with Crippen LogP contribution in [0.5, 0.6) is 5.75 Å². The Bertz CT molecular complexity index is 328. The number of rotatable bonds is 2. The lowest BCUT2D eigenvalue weighted by Gasteiger charge is -2.23. The van der Waals surface area contributed by atoms with E-state index >= 15 is 0 Å². The van der Waals surface area contributed by atoms with Gasteiger partial charge in [-0.1, -0.05) is 12.1 Å². The fourth-order valence-electron chi connectivity index (χ4n) is 2.21. The molecule has 2 nitrogen and oxygen atoms in total. The first-order valence-corrected chi connectivity index (χ1v) is 5.79. The van der Waals surface area contributed by atoms with Crippen LogP contribution in [-0.2, 0) is 5.67 Å². The fraction of sp³-hybridized carbons (Fsp3) is 0.538. The SMILES string of the molecule is COc1ccc(C2(F)CCCNCC2)cc1. The van der Waals surface area contributed by atoms with E-state index in [1.54, 1.807) is 7.11 Å². The molecule has 0 radical (unpaired) electrons. The maximum absolute atomic E-state index is 14.7. The van der Waals surface area contributed by atoms with Crippen LogP contribution in [-0.4, -0.2) is 20.2 Å². The molecule has 3 heteroatoms. The molecule has 1 aromatic carbocycles. The highest BCUT2D eigenvalue weighted by Gasteiger charge is 2.32. The van der Waals surface area contributed by atoms with E-state index in [1.165, 1.54) is 0 Å². The van der Waals surface area contributed by atoms with Crippen LogP contribution < -0.4 is 10.1 Å². The third kappa shape index (κ3) is 2.35. The van der Waals surface area contributed by atoms with E-state index in [9.17, 15) is 4.39 Å². The smallest absolute Gasteiger partial charge is 0.137 e. The topological polar surface area (TPSA) is 21.3 Å². The quantitative estimate of drug-likeness (QED) is 0.832. The maximum Gasteiger partial charge on any atom is 0.137 e. The Labute approximate surface area is 95.8 Å². The molecule has 0 spiro atoms. The third-order valence-corrected chi connectivity index (χ3v) is 3.23. The van der Waals surface area contributed by atoms with Gasteiger partial charge >= 0.3 is 0 Å². The predicted molar refractivity (Wildman–Crippen MR) is 62.5 cm³/mol. The first-order valence-electron chi connectivity index (χ1n) is 5.79. The Balaban J connectivity index is 2.19. The number of hydrogen-bond donors (Lipinski definition) is 1. The number of methoxy groups -OCH3 is 1. The van der Waals surface area contributed by atoms with Crippen molar-refractivity contribution in [2.75, 3.05) is 20.2 Å². The van der Waals surface area contributed by atoms with Gasteiger partial charge in [0.15, 0.2) is 0 Å². The summed E-state index contributed by atoms with van der Waals surface area (Å²) in [6.07, 6.45) is 2.05. The lowest BCUT2D eigenvalue weighted by molar-refractivity contribution is 0.145. The third-order valence-electron chi connectivity index (χ3n) is 3.23. The van der Waals surface area contributed by atoms with E-state index in [2.05, 4.69) is 5.32 Å². The number of benzene rings is 1. The predicted octanol–water partition coefficient (Wildman–Crippen LogP) is 2.63. The van der Waals surface area contributed by atoms with Crippen molar-refractivity contribution in [3.8, 4) is 5.75 Å². The highest BCUT2D eigenvalue weighted by Crippen LogP contribution is 2.36. The molecule has 1 saturated heterocycles. The molecule has 1 atom stereocenters. The number of halogens is 1. The number of hydrogen-bond acceptors (Lipinski definition) is 2. The minimum atomic E-state index is -1.17. The largest absolute Gasteiger partial charge is 0.497 e. The van der Waals surface area contributed by atoms with Crippen LogP contribution in [0, 0.1) is 0 Å². The van der Waals surface area contributed by atoms with E-state index in [4.69, 9.17) is 4.74 Å². The van der Waals surface area contributed by atoms with Crippen LogP contribution in [0.2, 0.25) is 0 Å². The van der Waals surface area contributed by atoms with Crippen molar-refractivity contribution in [2.45, 2.75) is 24.9 Å². The summed E-state index contributed by atoms with van der Waals surface area (Å²) in [5, 5.41) is 3.23. The lowest BCUT2D eigenvalue weighted by atomic mass is 9.89. The van der Waals surface area contributed by atoms with Gasteiger partial charge in [0, 0.05) is 0 Å². The van der Waals surface area contributed by atoms with Gasteiger partial charge in [-0.05, 0) is 50.0 Å². The summed E-state index contributed by atoms with van der Waals surface area (Å²) in [5.74, 6) is 0.777. The highest BCUT2D eigenvalue weighted by atomic mass is 19.1. The standard InChI is InChI=1S/C13H18FNO/c1-16-12-5-3-11(4-6-12)13(14)7-2-9-15-10-8-13/h3-6,15H,2,7-10H2,1H3. The molecule has 0 amide bonds. The number of alkyl halides is 1. The van der Waals surface area contributed by atoms with Crippen molar-refractivity contribution in [3.05, 3.63) is 29.8 Å². The first-order chi connectivity index (χ1) is 7.74. The summed E-state index contributed by atoms with van der Waals surface area (Å²) in [6, 6.07) is 7.33. The van der Waals surface area contributed by atoms with Crippen molar-refractivity contribution in [1.29, 1.82) is 0 Å². The van der Waals surface area contributed by atoms with Crippen LogP contribution in [0.25, 0.3) is 0 Å². The summed E-state index contributed by atoms with van der Waals surface area (Å²) in [4.78, 5) is 0. The summed E-state index contributed by atoms with van der Waals surface area (Å²) < 4.78 is 19.8. The average molecular weight is 223 g/mol. The minimum Gasteiger partial charge on any atom is -0.497 e. The van der Waals surface area contributed by atoms with Gasteiger partial charge in [-0.15, -0.1) is 0 Å². The van der Waals surface area contributed by atoms with Crippen molar-refractivity contribution in [3.63, 3.8) is 0 Å². The molecule has 1 aromatic rings. The van der Waals surface area contributed by atoms with E-state index in [-0.39, 0.29) is 0 Å². The zero-order valence-electron chi connectivity index (χ0n) is 9.63. The molecule has 2 rings (SSSR count). The highest BCUT2D eigenvalue weighted by molar-refractivity contribution is 5.31. The molecule has 1 N–H and O–H groups in total. The van der Waals surface area contributed by atoms with Gasteiger partial charge in [-0.2, -0.15) is 0 Å². The summed E-state index contributed by atoms with van der Waals surface area (Å²) in [5.41, 5.74) is -0.396. The molecule has 1 fully saturated rings. The molecule has 1 heterocycles. The Morgan fingerprint density at radius 1 is 1.19 bits per heavy atom. The van der Waals surface area contributed by atoms with Crippen molar-refractivity contribution in [1.82, 2.24) is 5.32 Å². The van der Waals surface area contributed by atoms with Crippen LogP contribution in [0.1, 0.15) is 24.8 Å². The van der Waals surface area contributed by atoms with E-state index in [1.807, 2.05) is 24.3 Å². The summed E-state index contributed by atoms with van der Waals surface area (Å²) in [7, 11) is 1.62. The summed E-state index contributed by atoms with van der Waals surface area (Å²) in [6.45, 7) is 1.67. The fourth-order valence-corrected chi connectivity index (χ4v) is 2.21. The Kier molecular flexibility index (Phi) is 3.44. The zero-order valence-corrected chi connectivity index (χ0v) is 9.63. The summed E-state index contributed by atoms with van der Waals surface area (Å²) >= 11 is 0. The normalized spacial score (nSPS) is 26.1. The van der Waals surface area contributed by atoms with Gasteiger partial charge in [-0.3, -0.25) is 0 Å². The second-order valence-corrected chi connectivity index (χ2v) is 4.30. The molecule has 88 valence electrons. The second-order valence-electron chi connectivity index (χ2n) is 4.30. The lowest BCUT2D eigenvalue weighted by Crippen LogP contribution is -2.22. The molecular formula is C13H18FNO. The zero-order chi connectivity index (χ0) is 11.4. The van der Waals surface area contributed by atoms with Crippen LogP contribution in [0.15, 0.2) is 24.3 Å². The van der Waals surface area contributed by atoms with Crippen LogP contribution in [0.3, 0.4) is 0 Å². The molecule has 0 aliphatic carbocycles. The van der Waals surface area contributed by atoms with Gasteiger partial charge in [-0.25, -0.2) is 4.39 Å². The van der Waals surface area contributed by atoms with Gasteiger partial charge in [0.2, 0.25) is 0 Å². The van der Waals surface area contributed by atoms with Crippen molar-refractivity contribution in [2.24, 2.45) is 0 Å². The molecule has 1 unspecified atom stereocenters. The van der Waals surface area contributed by atoms with Gasteiger partial charge < -0.3 is 10.1 Å². The molecule has 0 aromatic heterocycles. The number of ether oxygens (including phenoxy) is 1. The molecule has 1 aliphatic rings. The monoisotopic (exact) mass is 223 g/mol. The minimum absolute atomic E-state index is 0.555. The molecule has 0 bridgehead atoms. The molecule has 1 aliphatic heterocycles. The van der Waals surface area contributed by atoms with Crippen LogP contribution >= 0.6 is 0 Å². The van der Waals surface area contributed by atoms with Crippen molar-refractivity contribution < 1.29 is 9.13 Å². The van der Waals surface area contributed by atoms with E-state index < -0.39 is 5.67 Å². The van der Waals surface area contributed by atoms with Gasteiger partial charge in [0.25, 0.3) is 0 Å². The number of nitrogens with one attached hydrogen (secondary N) is 1. The Hall–Kier alpha value is -1.09. The Morgan fingerprint density at radius 2 is 1.94 bits per heavy atom. The molecule has 16 heavy (non-hydrogen) atoms. The average Bonchev–Trinajstić information content (AvgIpc) is 2.55. The van der Waals surface area contributed by atoms with E-state index in [0.717, 1.165) is 30.8 Å². The van der Waals surface area contributed by atoms with Gasteiger partial charge in [0.1, 0.15) is 11.4 Å². The molecule has 0 saturated carbocycles. The second kappa shape index (κ2) is 4.83. The molecular weight excluding hydrogens is 205 g/mol. The van der Waals surface area contributed by atoms with E-state index in [0.29, 0.717) is 12.8 Å². The first kappa shape index (κ1) is 11.4. The van der Waals surface area contributed by atoms with Gasteiger partial charge in [0.05, 0.1) is 7.11 Å².